The largest absolute Gasteiger partial charge is 0.490 e. The molecule has 1 N–H and O–H groups in total. The zero-order chi connectivity index (χ0) is 12.3. The minimum atomic E-state index is 0.170. The van der Waals surface area contributed by atoms with Crippen molar-refractivity contribution in [1.29, 1.82) is 0 Å². The van der Waals surface area contributed by atoms with Crippen molar-refractivity contribution >= 4 is 0 Å². The molecule has 1 aromatic carbocycles. The van der Waals surface area contributed by atoms with Gasteiger partial charge < -0.3 is 14.8 Å². The number of ether oxygens (including phenoxy) is 2. The molecule has 3 nitrogen and oxygen atoms in total. The van der Waals surface area contributed by atoms with Gasteiger partial charge in [-0.25, -0.2) is 0 Å². The van der Waals surface area contributed by atoms with Crippen LogP contribution < -0.4 is 10.1 Å². The molecule has 1 atom stereocenters. The molecule has 1 aliphatic heterocycles. The van der Waals surface area contributed by atoms with Crippen molar-refractivity contribution in [3.63, 3.8) is 0 Å². The summed E-state index contributed by atoms with van der Waals surface area (Å²) in [5, 5.41) is 3.31. The zero-order valence-corrected chi connectivity index (χ0v) is 10.9. The number of hydrogen-bond acceptors (Lipinski definition) is 3. The van der Waals surface area contributed by atoms with E-state index in [9.17, 15) is 0 Å². The lowest BCUT2D eigenvalue weighted by molar-refractivity contribution is -0.0000759. The molecule has 2 rings (SSSR count). The average Bonchev–Trinajstić information content (AvgIpc) is 2.35. The molecule has 1 fully saturated rings. The van der Waals surface area contributed by atoms with Gasteiger partial charge in [-0.2, -0.15) is 0 Å². The Hall–Kier alpha value is -1.06. The molecule has 0 bridgehead atoms. The van der Waals surface area contributed by atoms with Crippen LogP contribution in [-0.4, -0.2) is 32.4 Å². The first-order valence-electron chi connectivity index (χ1n) is 6.20. The minimum absolute atomic E-state index is 0.170. The second-order valence-electron chi connectivity index (χ2n) is 4.66. The standard InChI is InChI=1S/C14H21NO2/c1-10-4-5-11(2)14(12(10)3)17-9-13-8-15-6-7-16-13/h4-5,13,15H,6-9H2,1-3H3. The molecule has 1 unspecified atom stereocenters. The Morgan fingerprint density at radius 1 is 1.29 bits per heavy atom. The minimum Gasteiger partial charge on any atom is -0.490 e. The van der Waals surface area contributed by atoms with E-state index in [0.29, 0.717) is 6.61 Å². The topological polar surface area (TPSA) is 30.5 Å². The summed E-state index contributed by atoms with van der Waals surface area (Å²) in [6, 6.07) is 4.24. The molecule has 0 radical (unpaired) electrons. The summed E-state index contributed by atoms with van der Waals surface area (Å²) >= 11 is 0. The van der Waals surface area contributed by atoms with E-state index in [4.69, 9.17) is 9.47 Å². The van der Waals surface area contributed by atoms with Gasteiger partial charge in [0.1, 0.15) is 18.5 Å². The molecule has 0 spiro atoms. The number of aryl methyl sites for hydroxylation is 2. The van der Waals surface area contributed by atoms with E-state index in [1.54, 1.807) is 0 Å². The van der Waals surface area contributed by atoms with Gasteiger partial charge in [-0.1, -0.05) is 12.1 Å². The van der Waals surface area contributed by atoms with Crippen molar-refractivity contribution in [3.8, 4) is 5.75 Å². The third kappa shape index (κ3) is 2.99. The normalized spacial score (nSPS) is 20.3. The second-order valence-corrected chi connectivity index (χ2v) is 4.66. The lowest BCUT2D eigenvalue weighted by Crippen LogP contribution is -2.41. The van der Waals surface area contributed by atoms with Gasteiger partial charge in [-0.3, -0.25) is 0 Å². The molecule has 0 aromatic heterocycles. The highest BCUT2D eigenvalue weighted by Gasteiger charge is 2.15. The molecule has 0 saturated carbocycles. The predicted octanol–water partition coefficient (Wildman–Crippen LogP) is 1.98. The molecule has 1 aliphatic rings. The third-order valence-electron chi connectivity index (χ3n) is 3.29. The van der Waals surface area contributed by atoms with Crippen LogP contribution in [0.2, 0.25) is 0 Å². The van der Waals surface area contributed by atoms with Crippen LogP contribution in [0.5, 0.6) is 5.75 Å². The molecule has 0 amide bonds. The first-order valence-corrected chi connectivity index (χ1v) is 6.20. The van der Waals surface area contributed by atoms with Crippen LogP contribution in [0.15, 0.2) is 12.1 Å². The Morgan fingerprint density at radius 2 is 2.06 bits per heavy atom. The van der Waals surface area contributed by atoms with E-state index in [0.717, 1.165) is 25.4 Å². The van der Waals surface area contributed by atoms with Crippen molar-refractivity contribution < 1.29 is 9.47 Å². The summed E-state index contributed by atoms with van der Waals surface area (Å²) in [4.78, 5) is 0. The first kappa shape index (κ1) is 12.4. The fraction of sp³-hybridized carbons (Fsp3) is 0.571. The van der Waals surface area contributed by atoms with Crippen LogP contribution in [-0.2, 0) is 4.74 Å². The van der Waals surface area contributed by atoms with Gasteiger partial charge in [0.25, 0.3) is 0 Å². The Bertz CT molecular complexity index is 384. The van der Waals surface area contributed by atoms with Crippen molar-refractivity contribution in [2.45, 2.75) is 26.9 Å². The van der Waals surface area contributed by atoms with E-state index in [2.05, 4.69) is 38.2 Å². The monoisotopic (exact) mass is 235 g/mol. The molecule has 94 valence electrons. The summed E-state index contributed by atoms with van der Waals surface area (Å²) in [6.45, 7) is 9.53. The summed E-state index contributed by atoms with van der Waals surface area (Å²) in [6.07, 6.45) is 0.170. The van der Waals surface area contributed by atoms with E-state index in [-0.39, 0.29) is 6.10 Å². The van der Waals surface area contributed by atoms with E-state index >= 15 is 0 Å². The quantitative estimate of drug-likeness (QED) is 0.869. The van der Waals surface area contributed by atoms with Crippen LogP contribution in [0.25, 0.3) is 0 Å². The molecule has 0 aliphatic carbocycles. The molecule has 1 aromatic rings. The summed E-state index contributed by atoms with van der Waals surface area (Å²) in [5.41, 5.74) is 3.69. The highest BCUT2D eigenvalue weighted by molar-refractivity contribution is 5.44. The van der Waals surface area contributed by atoms with Gasteiger partial charge in [0.2, 0.25) is 0 Å². The number of nitrogens with one attached hydrogen (secondary N) is 1. The molecule has 1 heterocycles. The summed E-state index contributed by atoms with van der Waals surface area (Å²) in [5.74, 6) is 1.01. The molecule has 1 saturated heterocycles. The van der Waals surface area contributed by atoms with E-state index in [1.807, 2.05) is 0 Å². The van der Waals surface area contributed by atoms with E-state index in [1.165, 1.54) is 16.7 Å². The first-order chi connectivity index (χ1) is 8.18. The van der Waals surface area contributed by atoms with Crippen molar-refractivity contribution in [2.24, 2.45) is 0 Å². The van der Waals surface area contributed by atoms with Crippen molar-refractivity contribution in [2.75, 3.05) is 26.3 Å². The predicted molar refractivity (Wildman–Crippen MR) is 68.8 cm³/mol. The molecular weight excluding hydrogens is 214 g/mol. The lowest BCUT2D eigenvalue weighted by Gasteiger charge is -2.24. The fourth-order valence-electron chi connectivity index (χ4n) is 2.05. The lowest BCUT2D eigenvalue weighted by atomic mass is 10.1. The maximum atomic E-state index is 5.92. The Balaban J connectivity index is 2.00. The van der Waals surface area contributed by atoms with Gasteiger partial charge >= 0.3 is 0 Å². The second kappa shape index (κ2) is 5.52. The molecule has 3 heteroatoms. The SMILES string of the molecule is Cc1ccc(C)c(OCC2CNCCO2)c1C. The Labute approximate surface area is 103 Å². The van der Waals surface area contributed by atoms with Gasteiger partial charge in [0, 0.05) is 13.1 Å². The van der Waals surface area contributed by atoms with Crippen LogP contribution in [0.3, 0.4) is 0 Å². The molecular formula is C14H21NO2. The maximum Gasteiger partial charge on any atom is 0.125 e. The maximum absolute atomic E-state index is 5.92. The van der Waals surface area contributed by atoms with Crippen LogP contribution in [0.1, 0.15) is 16.7 Å². The van der Waals surface area contributed by atoms with Crippen molar-refractivity contribution in [1.82, 2.24) is 5.32 Å². The average molecular weight is 235 g/mol. The van der Waals surface area contributed by atoms with Crippen molar-refractivity contribution in [3.05, 3.63) is 28.8 Å². The van der Waals surface area contributed by atoms with E-state index < -0.39 is 0 Å². The number of hydrogen-bond donors (Lipinski definition) is 1. The highest BCUT2D eigenvalue weighted by atomic mass is 16.5. The molecule has 17 heavy (non-hydrogen) atoms. The van der Waals surface area contributed by atoms with Crippen LogP contribution in [0, 0.1) is 20.8 Å². The third-order valence-corrected chi connectivity index (χ3v) is 3.29. The van der Waals surface area contributed by atoms with Crippen LogP contribution in [0.4, 0.5) is 0 Å². The number of morpholine rings is 1. The van der Waals surface area contributed by atoms with Gasteiger partial charge in [0.05, 0.1) is 6.61 Å². The Kier molecular flexibility index (Phi) is 4.02. The van der Waals surface area contributed by atoms with Crippen LogP contribution >= 0.6 is 0 Å². The smallest absolute Gasteiger partial charge is 0.125 e. The Morgan fingerprint density at radius 3 is 2.76 bits per heavy atom. The summed E-state index contributed by atoms with van der Waals surface area (Å²) < 4.78 is 11.5. The number of benzene rings is 1. The van der Waals surface area contributed by atoms with Gasteiger partial charge in [-0.05, 0) is 37.5 Å². The summed E-state index contributed by atoms with van der Waals surface area (Å²) in [7, 11) is 0. The fourth-order valence-corrected chi connectivity index (χ4v) is 2.05. The zero-order valence-electron chi connectivity index (χ0n) is 10.9. The number of rotatable bonds is 3. The highest BCUT2D eigenvalue weighted by Crippen LogP contribution is 2.25. The van der Waals surface area contributed by atoms with Gasteiger partial charge in [-0.15, -0.1) is 0 Å². The van der Waals surface area contributed by atoms with Gasteiger partial charge in [0.15, 0.2) is 0 Å².